The van der Waals surface area contributed by atoms with Crippen LogP contribution in [0.1, 0.15) is 103 Å². The summed E-state index contributed by atoms with van der Waals surface area (Å²) < 4.78 is 2.74. The number of unbranched alkanes of at least 4 members (excludes halogenated alkanes) is 7. The number of quaternary nitrogens is 2. The number of hydrogen-bond donors (Lipinski definition) is 0. The highest BCUT2D eigenvalue weighted by molar-refractivity contribution is 4.54. The predicted octanol–water partition coefficient (Wildman–Crippen LogP) is 0.156. The molecule has 0 spiro atoms. The van der Waals surface area contributed by atoms with Gasteiger partial charge in [-0.3, -0.25) is 0 Å². The summed E-state index contributed by atoms with van der Waals surface area (Å²) in [6.07, 6.45) is 23.6. The zero-order valence-corrected chi connectivity index (χ0v) is 22.4. The lowest BCUT2D eigenvalue weighted by atomic mass is 10.1. The molecule has 2 rings (SSSR count). The molecule has 0 aliphatic carbocycles. The van der Waals surface area contributed by atoms with Gasteiger partial charge in [-0.05, 0) is 77.0 Å². The number of halogens is 2. The van der Waals surface area contributed by atoms with Crippen molar-refractivity contribution in [1.29, 1.82) is 0 Å². The van der Waals surface area contributed by atoms with Crippen LogP contribution in [0.4, 0.5) is 0 Å². The Morgan fingerprint density at radius 3 is 0.929 bits per heavy atom. The van der Waals surface area contributed by atoms with E-state index >= 15 is 0 Å². The Morgan fingerprint density at radius 2 is 0.643 bits per heavy atom. The Kier molecular flexibility index (Phi) is 17.1. The van der Waals surface area contributed by atoms with Gasteiger partial charge in [0.05, 0.1) is 53.4 Å². The Hall–Kier alpha value is 0.880. The normalized spacial score (nSPS) is 21.6. The molecule has 0 radical (unpaired) electrons. The standard InChI is InChI=1S/C24H50N2.2BrH/c1-25(21-15-9-10-16-22-25)19-13-7-5-3-4-6-8-14-20-26(2)23-17-11-12-18-24-26;;/h3-24H2,1-2H3;2*1H/q+2;;/p-2. The molecule has 0 atom stereocenters. The molecule has 0 unspecified atom stereocenters. The molecule has 2 fully saturated rings. The molecule has 4 heteroatoms. The van der Waals surface area contributed by atoms with Crippen molar-refractivity contribution < 1.29 is 42.9 Å². The Morgan fingerprint density at radius 1 is 0.393 bits per heavy atom. The highest BCUT2D eigenvalue weighted by atomic mass is 79.9. The van der Waals surface area contributed by atoms with E-state index in [9.17, 15) is 0 Å². The fourth-order valence-electron chi connectivity index (χ4n) is 5.40. The summed E-state index contributed by atoms with van der Waals surface area (Å²) in [5, 5.41) is 0. The Labute approximate surface area is 198 Å². The number of rotatable bonds is 11. The van der Waals surface area contributed by atoms with Crippen LogP contribution in [-0.4, -0.2) is 62.3 Å². The van der Waals surface area contributed by atoms with Crippen molar-refractivity contribution >= 4 is 0 Å². The highest BCUT2D eigenvalue weighted by Gasteiger charge is 2.23. The first-order chi connectivity index (χ1) is 12.6. The van der Waals surface area contributed by atoms with E-state index in [0.717, 1.165) is 0 Å². The third kappa shape index (κ3) is 12.5. The second kappa shape index (κ2) is 16.6. The van der Waals surface area contributed by atoms with Crippen LogP contribution in [0, 0.1) is 0 Å². The first kappa shape index (κ1) is 28.9. The lowest BCUT2D eigenvalue weighted by Gasteiger charge is -2.33. The maximum atomic E-state index is 2.51. The van der Waals surface area contributed by atoms with Crippen LogP contribution in [0.5, 0.6) is 0 Å². The van der Waals surface area contributed by atoms with Gasteiger partial charge < -0.3 is 42.9 Å². The zero-order chi connectivity index (χ0) is 18.6. The van der Waals surface area contributed by atoms with Crippen LogP contribution in [0.2, 0.25) is 0 Å². The quantitative estimate of drug-likeness (QED) is 0.266. The van der Waals surface area contributed by atoms with E-state index in [4.69, 9.17) is 0 Å². The maximum absolute atomic E-state index is 2.51. The lowest BCUT2D eigenvalue weighted by Crippen LogP contribution is -3.00. The molecule has 0 N–H and O–H groups in total. The minimum Gasteiger partial charge on any atom is -1.00 e. The van der Waals surface area contributed by atoms with Gasteiger partial charge in [-0.2, -0.15) is 0 Å². The van der Waals surface area contributed by atoms with E-state index in [1.165, 1.54) is 151 Å². The molecule has 0 aromatic carbocycles. The second-order valence-electron chi connectivity index (χ2n) is 10.2. The van der Waals surface area contributed by atoms with Crippen molar-refractivity contribution in [1.82, 2.24) is 0 Å². The van der Waals surface area contributed by atoms with Gasteiger partial charge in [0.15, 0.2) is 0 Å². The summed E-state index contributed by atoms with van der Waals surface area (Å²) in [7, 11) is 5.03. The van der Waals surface area contributed by atoms with Crippen molar-refractivity contribution in [3.8, 4) is 0 Å². The van der Waals surface area contributed by atoms with Crippen molar-refractivity contribution in [2.45, 2.75) is 103 Å². The molecule has 0 bridgehead atoms. The van der Waals surface area contributed by atoms with Gasteiger partial charge in [-0.15, -0.1) is 0 Å². The number of hydrogen-bond acceptors (Lipinski definition) is 0. The van der Waals surface area contributed by atoms with E-state index in [1.807, 2.05) is 0 Å². The summed E-state index contributed by atoms with van der Waals surface area (Å²) in [6, 6.07) is 0. The van der Waals surface area contributed by atoms with Gasteiger partial charge in [0.2, 0.25) is 0 Å². The summed E-state index contributed by atoms with van der Waals surface area (Å²) in [4.78, 5) is 0. The Balaban J connectivity index is 0.00000364. The van der Waals surface area contributed by atoms with E-state index in [-0.39, 0.29) is 34.0 Å². The molecular weight excluding hydrogens is 476 g/mol. The fourth-order valence-corrected chi connectivity index (χ4v) is 5.40. The topological polar surface area (TPSA) is 0 Å². The number of likely N-dealkylation sites (tertiary alicyclic amines) is 2. The molecule has 2 nitrogen and oxygen atoms in total. The molecule has 2 aliphatic rings. The molecule has 2 aliphatic heterocycles. The van der Waals surface area contributed by atoms with Crippen molar-refractivity contribution in [2.24, 2.45) is 0 Å². The third-order valence-corrected chi connectivity index (χ3v) is 7.44. The molecule has 0 amide bonds. The maximum Gasteiger partial charge on any atom is 0.0784 e. The molecule has 170 valence electrons. The van der Waals surface area contributed by atoms with E-state index in [0.29, 0.717) is 0 Å². The average molecular weight is 526 g/mol. The van der Waals surface area contributed by atoms with Gasteiger partial charge in [-0.1, -0.05) is 25.7 Å². The van der Waals surface area contributed by atoms with Gasteiger partial charge in [0.1, 0.15) is 0 Å². The molecule has 2 heterocycles. The molecule has 2 saturated heterocycles. The summed E-state index contributed by atoms with van der Waals surface area (Å²) in [6.45, 7) is 8.65. The van der Waals surface area contributed by atoms with E-state index < -0.39 is 0 Å². The van der Waals surface area contributed by atoms with Gasteiger partial charge in [0.25, 0.3) is 0 Å². The molecule has 0 saturated carbocycles. The van der Waals surface area contributed by atoms with Crippen molar-refractivity contribution in [3.05, 3.63) is 0 Å². The minimum atomic E-state index is 0. The fraction of sp³-hybridized carbons (Fsp3) is 1.00. The van der Waals surface area contributed by atoms with Crippen LogP contribution >= 0.6 is 0 Å². The molecule has 28 heavy (non-hydrogen) atoms. The monoisotopic (exact) mass is 524 g/mol. The van der Waals surface area contributed by atoms with Crippen molar-refractivity contribution in [2.75, 3.05) is 53.4 Å². The highest BCUT2D eigenvalue weighted by Crippen LogP contribution is 2.19. The smallest absolute Gasteiger partial charge is 0.0784 e. The van der Waals surface area contributed by atoms with Gasteiger partial charge >= 0.3 is 0 Å². The van der Waals surface area contributed by atoms with Crippen molar-refractivity contribution in [3.63, 3.8) is 0 Å². The van der Waals surface area contributed by atoms with Crippen LogP contribution in [0.3, 0.4) is 0 Å². The third-order valence-electron chi connectivity index (χ3n) is 7.44. The van der Waals surface area contributed by atoms with Crippen LogP contribution < -0.4 is 34.0 Å². The molecule has 0 aromatic heterocycles. The minimum absolute atomic E-state index is 0. The van der Waals surface area contributed by atoms with E-state index in [2.05, 4.69) is 14.1 Å². The molecule has 0 aromatic rings. The number of nitrogens with zero attached hydrogens (tertiary/aromatic N) is 2. The average Bonchev–Trinajstić information content (AvgIpc) is 2.97. The largest absolute Gasteiger partial charge is 1.00 e. The van der Waals surface area contributed by atoms with Crippen LogP contribution in [0.15, 0.2) is 0 Å². The van der Waals surface area contributed by atoms with Crippen LogP contribution in [0.25, 0.3) is 0 Å². The predicted molar refractivity (Wildman–Crippen MR) is 115 cm³/mol. The summed E-state index contributed by atoms with van der Waals surface area (Å²) in [5.41, 5.74) is 0. The molecular formula is C24H50Br2N2. The summed E-state index contributed by atoms with van der Waals surface area (Å²) in [5.74, 6) is 0. The first-order valence-electron chi connectivity index (χ1n) is 12.3. The summed E-state index contributed by atoms with van der Waals surface area (Å²) >= 11 is 0. The lowest BCUT2D eigenvalue weighted by molar-refractivity contribution is -0.909. The zero-order valence-electron chi connectivity index (χ0n) is 19.2. The second-order valence-corrected chi connectivity index (χ2v) is 10.2. The van der Waals surface area contributed by atoms with Gasteiger partial charge in [-0.25, -0.2) is 0 Å². The van der Waals surface area contributed by atoms with E-state index in [1.54, 1.807) is 0 Å². The van der Waals surface area contributed by atoms with Gasteiger partial charge in [0, 0.05) is 0 Å². The van der Waals surface area contributed by atoms with Crippen LogP contribution in [-0.2, 0) is 0 Å². The SMILES string of the molecule is C[N+]1(CCCCCCCCCC[N+]2(C)CCCCCC2)CCCCCC1.[Br-].[Br-]. The first-order valence-corrected chi connectivity index (χ1v) is 12.3. The Bertz CT molecular complexity index is 313.